The summed E-state index contributed by atoms with van der Waals surface area (Å²) in [6, 6.07) is 20.9. The normalized spacial score (nSPS) is 13.4. The van der Waals surface area contributed by atoms with Crippen LogP contribution in [0.2, 0.25) is 5.02 Å². The van der Waals surface area contributed by atoms with Crippen molar-refractivity contribution in [1.29, 1.82) is 0 Å². The molecule has 38 heavy (non-hydrogen) atoms. The number of aryl methyl sites for hydroxylation is 1. The van der Waals surface area contributed by atoms with E-state index < -0.39 is 0 Å². The number of hydrogen-bond acceptors (Lipinski definition) is 4. The Bertz CT molecular complexity index is 1470. The van der Waals surface area contributed by atoms with Crippen molar-refractivity contribution in [3.63, 3.8) is 0 Å². The molecule has 0 bridgehead atoms. The Morgan fingerprint density at radius 2 is 1.79 bits per heavy atom. The van der Waals surface area contributed by atoms with E-state index in [9.17, 15) is 14.7 Å². The van der Waals surface area contributed by atoms with Gasteiger partial charge in [-0.05, 0) is 73.9 Å². The smallest absolute Gasteiger partial charge is 0.342 e. The lowest BCUT2D eigenvalue weighted by Crippen LogP contribution is -2.30. The van der Waals surface area contributed by atoms with Crippen LogP contribution in [-0.2, 0) is 6.54 Å². The maximum absolute atomic E-state index is 13.3. The van der Waals surface area contributed by atoms with Gasteiger partial charge in [0.15, 0.2) is 0 Å². The zero-order valence-corrected chi connectivity index (χ0v) is 21.8. The molecule has 0 spiro atoms. The summed E-state index contributed by atoms with van der Waals surface area (Å²) in [6.45, 7) is 2.40. The van der Waals surface area contributed by atoms with Crippen LogP contribution in [0.5, 0.6) is 5.75 Å². The van der Waals surface area contributed by atoms with Crippen molar-refractivity contribution >= 4 is 29.2 Å². The average Bonchev–Trinajstić information content (AvgIpc) is 3.59. The largest absolute Gasteiger partial charge is 0.507 e. The van der Waals surface area contributed by atoms with Gasteiger partial charge in [0.05, 0.1) is 11.4 Å². The molecule has 0 radical (unpaired) electrons. The van der Waals surface area contributed by atoms with Crippen LogP contribution in [0.3, 0.4) is 0 Å². The maximum atomic E-state index is 13.3. The predicted octanol–water partition coefficient (Wildman–Crippen LogP) is 6.89. The highest BCUT2D eigenvalue weighted by molar-refractivity contribution is 6.30. The standard InChI is InChI=1S/C30H29ClN4O3/c1-19-5-4-6-20(15-19)18-32-30(38)35-27(21-7-2-3-8-21)17-26(34-35)25-16-24(13-14-28(25)36)33-29(37)22-9-11-23(31)12-10-22/h4-6,9-17,21,36H,2-3,7-8,18H2,1H3,(H,32,38)(H,33,37). The van der Waals surface area contributed by atoms with E-state index in [-0.39, 0.29) is 23.6 Å². The summed E-state index contributed by atoms with van der Waals surface area (Å²) < 4.78 is 1.43. The number of nitrogens with zero attached hydrogens (tertiary/aromatic N) is 2. The number of aromatic hydroxyl groups is 1. The highest BCUT2D eigenvalue weighted by Gasteiger charge is 2.26. The van der Waals surface area contributed by atoms with E-state index in [0.717, 1.165) is 42.5 Å². The Morgan fingerprint density at radius 3 is 2.53 bits per heavy atom. The summed E-state index contributed by atoms with van der Waals surface area (Å²) in [4.78, 5) is 26.0. The summed E-state index contributed by atoms with van der Waals surface area (Å²) in [7, 11) is 0. The molecule has 1 aromatic heterocycles. The van der Waals surface area contributed by atoms with Gasteiger partial charge < -0.3 is 15.7 Å². The van der Waals surface area contributed by atoms with Crippen molar-refractivity contribution in [2.75, 3.05) is 5.32 Å². The molecule has 0 unspecified atom stereocenters. The van der Waals surface area contributed by atoms with Crippen LogP contribution in [0.25, 0.3) is 11.3 Å². The third kappa shape index (κ3) is 5.73. The molecule has 8 heteroatoms. The summed E-state index contributed by atoms with van der Waals surface area (Å²) in [5.41, 5.74) is 4.83. The number of nitrogens with one attached hydrogen (secondary N) is 2. The number of rotatable bonds is 6. The lowest BCUT2D eigenvalue weighted by molar-refractivity contribution is 0.102. The lowest BCUT2D eigenvalue weighted by Gasteiger charge is -2.12. The van der Waals surface area contributed by atoms with Gasteiger partial charge >= 0.3 is 6.03 Å². The highest BCUT2D eigenvalue weighted by atomic mass is 35.5. The molecular formula is C30H29ClN4O3. The molecule has 2 amide bonds. The van der Waals surface area contributed by atoms with Gasteiger partial charge in [-0.2, -0.15) is 9.78 Å². The van der Waals surface area contributed by atoms with E-state index in [0.29, 0.717) is 34.1 Å². The van der Waals surface area contributed by atoms with Gasteiger partial charge in [-0.15, -0.1) is 0 Å². The number of aromatic nitrogens is 2. The molecule has 0 aliphatic heterocycles. The molecule has 7 nitrogen and oxygen atoms in total. The molecule has 5 rings (SSSR count). The Labute approximate surface area is 226 Å². The molecule has 1 saturated carbocycles. The first-order chi connectivity index (χ1) is 18.4. The van der Waals surface area contributed by atoms with Gasteiger partial charge in [0, 0.05) is 34.3 Å². The van der Waals surface area contributed by atoms with Crippen molar-refractivity contribution in [2.24, 2.45) is 0 Å². The zero-order chi connectivity index (χ0) is 26.6. The van der Waals surface area contributed by atoms with Gasteiger partial charge in [-0.3, -0.25) is 4.79 Å². The maximum Gasteiger partial charge on any atom is 0.342 e. The Morgan fingerprint density at radius 1 is 1.03 bits per heavy atom. The van der Waals surface area contributed by atoms with Crippen molar-refractivity contribution < 1.29 is 14.7 Å². The van der Waals surface area contributed by atoms with E-state index in [2.05, 4.69) is 15.7 Å². The van der Waals surface area contributed by atoms with Crippen LogP contribution in [0, 0.1) is 6.92 Å². The summed E-state index contributed by atoms with van der Waals surface area (Å²) >= 11 is 5.93. The van der Waals surface area contributed by atoms with Gasteiger partial charge in [-0.1, -0.05) is 54.3 Å². The number of halogens is 1. The SMILES string of the molecule is Cc1cccc(CNC(=O)n2nc(-c3cc(NC(=O)c4ccc(Cl)cc4)ccc3O)cc2C2CCCC2)c1. The molecule has 194 valence electrons. The quantitative estimate of drug-likeness (QED) is 0.237. The van der Waals surface area contributed by atoms with E-state index in [1.54, 1.807) is 36.4 Å². The van der Waals surface area contributed by atoms with Gasteiger partial charge in [0.1, 0.15) is 5.75 Å². The van der Waals surface area contributed by atoms with Gasteiger partial charge in [0.25, 0.3) is 5.91 Å². The second kappa shape index (κ2) is 11.1. The second-order valence-corrected chi connectivity index (χ2v) is 10.1. The Hall–Kier alpha value is -4.10. The number of phenols is 1. The third-order valence-electron chi connectivity index (χ3n) is 6.87. The molecular weight excluding hydrogens is 500 g/mol. The molecule has 3 N–H and O–H groups in total. The number of carbonyl (C=O) groups excluding carboxylic acids is 2. The van der Waals surface area contributed by atoms with E-state index in [1.165, 1.54) is 10.7 Å². The van der Waals surface area contributed by atoms with E-state index in [1.807, 2.05) is 37.3 Å². The molecule has 4 aromatic rings. The number of benzene rings is 3. The fourth-order valence-electron chi connectivity index (χ4n) is 4.90. The van der Waals surface area contributed by atoms with E-state index >= 15 is 0 Å². The minimum absolute atomic E-state index is 0.0114. The molecule has 3 aromatic carbocycles. The average molecular weight is 529 g/mol. The Balaban J connectivity index is 1.41. The third-order valence-corrected chi connectivity index (χ3v) is 7.12. The first-order valence-electron chi connectivity index (χ1n) is 12.7. The first-order valence-corrected chi connectivity index (χ1v) is 13.1. The molecule has 1 fully saturated rings. The van der Waals surface area contributed by atoms with Crippen LogP contribution in [0.4, 0.5) is 10.5 Å². The topological polar surface area (TPSA) is 96.3 Å². The van der Waals surface area contributed by atoms with Crippen LogP contribution in [-0.4, -0.2) is 26.8 Å². The molecule has 0 atom stereocenters. The van der Waals surface area contributed by atoms with Crippen LogP contribution in [0.1, 0.15) is 58.8 Å². The summed E-state index contributed by atoms with van der Waals surface area (Å²) in [5, 5.41) is 21.7. The van der Waals surface area contributed by atoms with Crippen LogP contribution < -0.4 is 10.6 Å². The number of amides is 2. The minimum atomic E-state index is -0.314. The van der Waals surface area contributed by atoms with E-state index in [4.69, 9.17) is 11.6 Å². The Kier molecular flexibility index (Phi) is 7.47. The molecule has 1 heterocycles. The fraction of sp³-hybridized carbons (Fsp3) is 0.233. The first kappa shape index (κ1) is 25.5. The zero-order valence-electron chi connectivity index (χ0n) is 21.1. The lowest BCUT2D eigenvalue weighted by atomic mass is 10.0. The summed E-state index contributed by atoms with van der Waals surface area (Å²) in [6.07, 6.45) is 4.18. The predicted molar refractivity (Wildman–Crippen MR) is 149 cm³/mol. The molecule has 1 aliphatic rings. The number of hydrogen-bond donors (Lipinski definition) is 3. The number of phenolic OH excluding ortho intramolecular Hbond substituents is 1. The van der Waals surface area contributed by atoms with Gasteiger partial charge in [-0.25, -0.2) is 4.79 Å². The molecule has 1 aliphatic carbocycles. The number of anilines is 1. The number of carbonyl (C=O) groups is 2. The monoisotopic (exact) mass is 528 g/mol. The minimum Gasteiger partial charge on any atom is -0.507 e. The van der Waals surface area contributed by atoms with Crippen molar-refractivity contribution in [1.82, 2.24) is 15.1 Å². The van der Waals surface area contributed by atoms with Crippen LogP contribution >= 0.6 is 11.6 Å². The van der Waals surface area contributed by atoms with Crippen molar-refractivity contribution in [3.05, 3.63) is 100 Å². The molecule has 0 saturated heterocycles. The fourth-order valence-corrected chi connectivity index (χ4v) is 5.03. The summed E-state index contributed by atoms with van der Waals surface area (Å²) in [5.74, 6) is -0.0702. The van der Waals surface area contributed by atoms with Crippen molar-refractivity contribution in [2.45, 2.75) is 45.1 Å². The van der Waals surface area contributed by atoms with Gasteiger partial charge in [0.2, 0.25) is 0 Å². The van der Waals surface area contributed by atoms with Crippen molar-refractivity contribution in [3.8, 4) is 17.0 Å². The highest BCUT2D eigenvalue weighted by Crippen LogP contribution is 2.38. The second-order valence-electron chi connectivity index (χ2n) is 9.69. The van der Waals surface area contributed by atoms with Crippen LogP contribution in [0.15, 0.2) is 72.8 Å².